The van der Waals surface area contributed by atoms with Crippen molar-refractivity contribution in [3.63, 3.8) is 0 Å². The van der Waals surface area contributed by atoms with Crippen molar-refractivity contribution in [1.29, 1.82) is 0 Å². The van der Waals surface area contributed by atoms with Crippen molar-refractivity contribution in [2.24, 2.45) is 4.99 Å². The molecule has 0 saturated carbocycles. The van der Waals surface area contributed by atoms with Gasteiger partial charge >= 0.3 is 0 Å². The molecule has 1 N–H and O–H groups in total. The Bertz CT molecular complexity index is 415. The van der Waals surface area contributed by atoms with Crippen LogP contribution in [-0.2, 0) is 6.54 Å². The Morgan fingerprint density at radius 1 is 1.19 bits per heavy atom. The highest BCUT2D eigenvalue weighted by molar-refractivity contribution is 5.79. The van der Waals surface area contributed by atoms with E-state index in [0.717, 1.165) is 50.4 Å². The van der Waals surface area contributed by atoms with Gasteiger partial charge in [0.15, 0.2) is 0 Å². The summed E-state index contributed by atoms with van der Waals surface area (Å²) in [7, 11) is 8.31. The molecule has 0 aromatic carbocycles. The number of aromatic nitrogens is 1. The lowest BCUT2D eigenvalue weighted by Crippen LogP contribution is -2.21. The first kappa shape index (κ1) is 17.8. The zero-order valence-corrected chi connectivity index (χ0v) is 13.8. The topological polar surface area (TPSA) is 43.8 Å². The van der Waals surface area contributed by atoms with Gasteiger partial charge in [-0.15, -0.1) is 0 Å². The third-order valence-electron chi connectivity index (χ3n) is 3.02. The number of hydrogen-bond acceptors (Lipinski definition) is 5. The second kappa shape index (κ2) is 10.4. The molecular weight excluding hydrogens is 262 g/mol. The van der Waals surface area contributed by atoms with Gasteiger partial charge in [-0.25, -0.2) is 0 Å². The van der Waals surface area contributed by atoms with Crippen molar-refractivity contribution >= 4 is 6.21 Å². The minimum absolute atomic E-state index is 0.812. The van der Waals surface area contributed by atoms with Gasteiger partial charge in [0.1, 0.15) is 0 Å². The lowest BCUT2D eigenvalue weighted by atomic mass is 10.2. The van der Waals surface area contributed by atoms with Crippen molar-refractivity contribution in [2.75, 3.05) is 54.4 Å². The van der Waals surface area contributed by atoms with Crippen LogP contribution < -0.4 is 5.32 Å². The van der Waals surface area contributed by atoms with E-state index in [1.54, 1.807) is 0 Å². The van der Waals surface area contributed by atoms with E-state index in [0.29, 0.717) is 0 Å². The predicted octanol–water partition coefficient (Wildman–Crippen LogP) is 1.10. The van der Waals surface area contributed by atoms with Gasteiger partial charge in [-0.1, -0.05) is 0 Å². The molecule has 0 radical (unpaired) electrons. The van der Waals surface area contributed by atoms with Crippen LogP contribution in [-0.4, -0.2) is 75.4 Å². The Hall–Kier alpha value is -1.30. The normalized spacial score (nSPS) is 11.9. The number of nitrogens with zero attached hydrogens (tertiary/aromatic N) is 4. The summed E-state index contributed by atoms with van der Waals surface area (Å²) >= 11 is 0. The number of nitrogens with one attached hydrogen (secondary N) is 1. The Labute approximate surface area is 129 Å². The minimum atomic E-state index is 0.812. The molecule has 0 atom stereocenters. The average Bonchev–Trinajstić information content (AvgIpc) is 2.43. The highest BCUT2D eigenvalue weighted by Gasteiger charge is 1.96. The zero-order chi connectivity index (χ0) is 15.5. The van der Waals surface area contributed by atoms with Crippen molar-refractivity contribution in [3.05, 3.63) is 29.6 Å². The molecule has 5 heteroatoms. The molecule has 0 fully saturated rings. The Morgan fingerprint density at radius 2 is 1.95 bits per heavy atom. The standard InChI is InChI=1S/C16H29N5/c1-20(2)10-5-7-17-14-16-12-15(6-8-19-16)13-18-9-11-21(3)4/h6,8,12-13,17H,5,7,9-11,14H2,1-4H3. The molecule has 1 heterocycles. The van der Waals surface area contributed by atoms with Gasteiger partial charge in [0, 0.05) is 25.5 Å². The Kier molecular flexibility index (Phi) is 8.82. The fourth-order valence-corrected chi connectivity index (χ4v) is 1.84. The van der Waals surface area contributed by atoms with Crippen LogP contribution in [0.1, 0.15) is 17.7 Å². The lowest BCUT2D eigenvalue weighted by molar-refractivity contribution is 0.394. The molecule has 1 aromatic rings. The fraction of sp³-hybridized carbons (Fsp3) is 0.625. The summed E-state index contributed by atoms with van der Waals surface area (Å²) < 4.78 is 0. The van der Waals surface area contributed by atoms with Crippen molar-refractivity contribution in [1.82, 2.24) is 20.1 Å². The largest absolute Gasteiger partial charge is 0.311 e. The summed E-state index contributed by atoms with van der Waals surface area (Å²) in [5.41, 5.74) is 2.19. The molecule has 0 aliphatic heterocycles. The second-order valence-electron chi connectivity index (χ2n) is 5.75. The molecule has 0 saturated heterocycles. The van der Waals surface area contributed by atoms with E-state index in [1.165, 1.54) is 0 Å². The molecule has 21 heavy (non-hydrogen) atoms. The van der Waals surface area contributed by atoms with E-state index < -0.39 is 0 Å². The number of likely N-dealkylation sites (N-methyl/N-ethyl adjacent to an activating group) is 1. The van der Waals surface area contributed by atoms with E-state index in [2.05, 4.69) is 59.4 Å². The minimum Gasteiger partial charge on any atom is -0.311 e. The molecular formula is C16H29N5. The SMILES string of the molecule is CN(C)CCCNCc1cc(C=NCCN(C)C)ccn1. The van der Waals surface area contributed by atoms with E-state index in [9.17, 15) is 0 Å². The molecule has 0 amide bonds. The van der Waals surface area contributed by atoms with Crippen LogP contribution in [0.25, 0.3) is 0 Å². The van der Waals surface area contributed by atoms with Crippen LogP contribution >= 0.6 is 0 Å². The van der Waals surface area contributed by atoms with Crippen LogP contribution in [0.2, 0.25) is 0 Å². The maximum atomic E-state index is 4.43. The highest BCUT2D eigenvalue weighted by Crippen LogP contribution is 1.99. The quantitative estimate of drug-likeness (QED) is 0.518. The maximum Gasteiger partial charge on any atom is 0.0548 e. The maximum absolute atomic E-state index is 4.43. The third-order valence-corrected chi connectivity index (χ3v) is 3.02. The number of aliphatic imine (C=N–C) groups is 1. The summed E-state index contributed by atoms with van der Waals surface area (Å²) in [6.07, 6.45) is 4.93. The summed E-state index contributed by atoms with van der Waals surface area (Å²) in [6.45, 7) is 4.74. The first-order valence-corrected chi connectivity index (χ1v) is 7.53. The summed E-state index contributed by atoms with van der Waals surface area (Å²) in [5.74, 6) is 0. The van der Waals surface area contributed by atoms with E-state index in [4.69, 9.17) is 0 Å². The molecule has 0 aliphatic rings. The smallest absolute Gasteiger partial charge is 0.0548 e. The first-order chi connectivity index (χ1) is 10.1. The van der Waals surface area contributed by atoms with Crippen molar-refractivity contribution < 1.29 is 0 Å². The van der Waals surface area contributed by atoms with Gasteiger partial charge in [-0.2, -0.15) is 0 Å². The molecule has 0 bridgehead atoms. The molecule has 1 aromatic heterocycles. The molecule has 1 rings (SSSR count). The van der Waals surface area contributed by atoms with Gasteiger partial charge in [-0.05, 0) is 65.4 Å². The van der Waals surface area contributed by atoms with E-state index in [1.807, 2.05) is 18.5 Å². The van der Waals surface area contributed by atoms with Crippen LogP contribution in [0.4, 0.5) is 0 Å². The first-order valence-electron chi connectivity index (χ1n) is 7.53. The Balaban J connectivity index is 2.31. The Morgan fingerprint density at radius 3 is 2.67 bits per heavy atom. The fourth-order valence-electron chi connectivity index (χ4n) is 1.84. The van der Waals surface area contributed by atoms with Gasteiger partial charge in [0.25, 0.3) is 0 Å². The van der Waals surface area contributed by atoms with Crippen LogP contribution in [0, 0.1) is 0 Å². The van der Waals surface area contributed by atoms with E-state index in [-0.39, 0.29) is 0 Å². The summed E-state index contributed by atoms with van der Waals surface area (Å²) in [5, 5.41) is 3.43. The van der Waals surface area contributed by atoms with Gasteiger partial charge in [0.2, 0.25) is 0 Å². The number of hydrogen-bond donors (Lipinski definition) is 1. The van der Waals surface area contributed by atoms with Crippen LogP contribution in [0.5, 0.6) is 0 Å². The van der Waals surface area contributed by atoms with Crippen LogP contribution in [0.3, 0.4) is 0 Å². The third kappa shape index (κ3) is 9.28. The molecule has 5 nitrogen and oxygen atoms in total. The number of rotatable bonds is 10. The predicted molar refractivity (Wildman–Crippen MR) is 90.1 cm³/mol. The van der Waals surface area contributed by atoms with Gasteiger partial charge in [0.05, 0.1) is 12.2 Å². The lowest BCUT2D eigenvalue weighted by Gasteiger charge is -2.09. The van der Waals surface area contributed by atoms with Crippen molar-refractivity contribution in [3.8, 4) is 0 Å². The molecule has 0 spiro atoms. The zero-order valence-electron chi connectivity index (χ0n) is 13.8. The van der Waals surface area contributed by atoms with Gasteiger partial charge < -0.3 is 15.1 Å². The van der Waals surface area contributed by atoms with Crippen molar-refractivity contribution in [2.45, 2.75) is 13.0 Å². The summed E-state index contributed by atoms with van der Waals surface area (Å²) in [6, 6.07) is 4.09. The van der Waals surface area contributed by atoms with Crippen LogP contribution in [0.15, 0.2) is 23.3 Å². The molecule has 118 valence electrons. The van der Waals surface area contributed by atoms with Gasteiger partial charge in [-0.3, -0.25) is 9.98 Å². The molecule has 0 unspecified atom stereocenters. The average molecular weight is 291 g/mol. The second-order valence-corrected chi connectivity index (χ2v) is 5.75. The summed E-state index contributed by atoms with van der Waals surface area (Å²) in [4.78, 5) is 13.1. The van der Waals surface area contributed by atoms with E-state index >= 15 is 0 Å². The number of pyridine rings is 1. The molecule has 0 aliphatic carbocycles. The highest BCUT2D eigenvalue weighted by atomic mass is 15.1. The monoisotopic (exact) mass is 291 g/mol.